The summed E-state index contributed by atoms with van der Waals surface area (Å²) in [4.78, 5) is 26.0. The number of hydrogen-bond donors (Lipinski definition) is 1. The maximum Gasteiger partial charge on any atom is 0.261 e. The summed E-state index contributed by atoms with van der Waals surface area (Å²) in [5.74, 6) is -0.435. The maximum absolute atomic E-state index is 12.3. The molecular formula is C18H16N4O2. The van der Waals surface area contributed by atoms with Gasteiger partial charge < -0.3 is 5.73 Å². The minimum atomic E-state index is -0.217. The van der Waals surface area contributed by atoms with Crippen LogP contribution in [-0.2, 0) is 6.54 Å². The second-order valence-corrected chi connectivity index (χ2v) is 5.85. The van der Waals surface area contributed by atoms with Crippen molar-refractivity contribution in [2.24, 2.45) is 0 Å². The van der Waals surface area contributed by atoms with Gasteiger partial charge in [0, 0.05) is 24.2 Å². The molecular weight excluding hydrogens is 304 g/mol. The second-order valence-electron chi connectivity index (χ2n) is 5.85. The molecule has 0 aliphatic carbocycles. The molecule has 2 N–H and O–H groups in total. The Balaban J connectivity index is 1.47. The Morgan fingerprint density at radius 3 is 2.38 bits per heavy atom. The number of imide groups is 1. The summed E-state index contributed by atoms with van der Waals surface area (Å²) >= 11 is 0. The highest BCUT2D eigenvalue weighted by atomic mass is 16.2. The molecule has 0 saturated carbocycles. The zero-order chi connectivity index (χ0) is 16.7. The number of aryl methyl sites for hydroxylation is 1. The number of carbonyl (C=O) groups is 2. The smallest absolute Gasteiger partial charge is 0.261 e. The number of hydrogen-bond acceptors (Lipinski definition) is 4. The van der Waals surface area contributed by atoms with Crippen molar-refractivity contribution in [2.75, 3.05) is 12.3 Å². The lowest BCUT2D eigenvalue weighted by Crippen LogP contribution is -2.31. The van der Waals surface area contributed by atoms with Gasteiger partial charge in [0.05, 0.1) is 22.8 Å². The van der Waals surface area contributed by atoms with Crippen molar-refractivity contribution < 1.29 is 9.59 Å². The maximum atomic E-state index is 12.3. The molecule has 120 valence electrons. The molecule has 4 rings (SSSR count). The number of aromatic nitrogens is 2. The van der Waals surface area contributed by atoms with Gasteiger partial charge in [0.25, 0.3) is 11.8 Å². The lowest BCUT2D eigenvalue weighted by atomic mass is 10.1. The summed E-state index contributed by atoms with van der Waals surface area (Å²) in [5, 5.41) is 5.37. The molecule has 24 heavy (non-hydrogen) atoms. The number of rotatable bonds is 4. The monoisotopic (exact) mass is 320 g/mol. The van der Waals surface area contributed by atoms with E-state index in [-0.39, 0.29) is 11.8 Å². The van der Waals surface area contributed by atoms with Crippen LogP contribution in [0.2, 0.25) is 0 Å². The Kier molecular flexibility index (Phi) is 3.30. The molecule has 1 aliphatic rings. The second kappa shape index (κ2) is 5.49. The standard InChI is InChI=1S/C18H16N4O2/c19-13-7-6-12-11-20-22(16(12)10-13)9-3-8-21-17(23)14-4-1-2-5-15(14)18(21)24/h1-2,4-7,10-11H,3,8-9,19H2. The molecule has 0 unspecified atom stereocenters. The molecule has 0 atom stereocenters. The zero-order valence-electron chi connectivity index (χ0n) is 13.0. The minimum Gasteiger partial charge on any atom is -0.399 e. The molecule has 0 radical (unpaired) electrons. The summed E-state index contributed by atoms with van der Waals surface area (Å²) in [7, 11) is 0. The molecule has 2 heterocycles. The van der Waals surface area contributed by atoms with E-state index in [0.717, 1.165) is 10.9 Å². The summed E-state index contributed by atoms with van der Waals surface area (Å²) in [6, 6.07) is 12.6. The predicted octanol–water partition coefficient (Wildman–Crippen LogP) is 2.30. The number of fused-ring (bicyclic) bond motifs is 2. The van der Waals surface area contributed by atoms with Crippen LogP contribution in [0.3, 0.4) is 0 Å². The summed E-state index contributed by atoms with van der Waals surface area (Å²) < 4.78 is 1.85. The number of nitrogens with zero attached hydrogens (tertiary/aromatic N) is 3. The van der Waals surface area contributed by atoms with Gasteiger partial charge in [0.1, 0.15) is 0 Å². The lowest BCUT2D eigenvalue weighted by Gasteiger charge is -2.13. The van der Waals surface area contributed by atoms with Gasteiger partial charge in [-0.15, -0.1) is 0 Å². The fraction of sp³-hybridized carbons (Fsp3) is 0.167. The van der Waals surface area contributed by atoms with Crippen LogP contribution in [-0.4, -0.2) is 33.0 Å². The molecule has 0 spiro atoms. The number of amides is 2. The van der Waals surface area contributed by atoms with E-state index in [1.165, 1.54) is 4.90 Å². The molecule has 0 saturated heterocycles. The third-order valence-corrected chi connectivity index (χ3v) is 4.30. The van der Waals surface area contributed by atoms with Crippen LogP contribution in [0.5, 0.6) is 0 Å². The van der Waals surface area contributed by atoms with Gasteiger partial charge >= 0.3 is 0 Å². The molecule has 3 aromatic rings. The van der Waals surface area contributed by atoms with Crippen molar-refractivity contribution in [1.82, 2.24) is 14.7 Å². The van der Waals surface area contributed by atoms with Crippen molar-refractivity contribution in [2.45, 2.75) is 13.0 Å². The summed E-state index contributed by atoms with van der Waals surface area (Å²) in [5.41, 5.74) is 8.44. The van der Waals surface area contributed by atoms with E-state index in [2.05, 4.69) is 5.10 Å². The fourth-order valence-electron chi connectivity index (χ4n) is 3.09. The van der Waals surface area contributed by atoms with Gasteiger partial charge in [-0.1, -0.05) is 12.1 Å². The number of benzene rings is 2. The van der Waals surface area contributed by atoms with Gasteiger partial charge in [-0.05, 0) is 36.8 Å². The minimum absolute atomic E-state index is 0.217. The van der Waals surface area contributed by atoms with Crippen LogP contribution >= 0.6 is 0 Å². The summed E-state index contributed by atoms with van der Waals surface area (Å²) in [6.07, 6.45) is 2.42. The van der Waals surface area contributed by atoms with Crippen LogP contribution in [0, 0.1) is 0 Å². The predicted molar refractivity (Wildman–Crippen MR) is 90.6 cm³/mol. The van der Waals surface area contributed by atoms with Gasteiger partial charge in [-0.25, -0.2) is 0 Å². The van der Waals surface area contributed by atoms with Crippen molar-refractivity contribution >= 4 is 28.4 Å². The van der Waals surface area contributed by atoms with E-state index >= 15 is 0 Å². The number of anilines is 1. The number of nitrogen functional groups attached to an aromatic ring is 1. The number of carbonyl (C=O) groups excluding carboxylic acids is 2. The fourth-order valence-corrected chi connectivity index (χ4v) is 3.09. The van der Waals surface area contributed by atoms with Crippen LogP contribution in [0.15, 0.2) is 48.7 Å². The van der Waals surface area contributed by atoms with Gasteiger partial charge in [-0.3, -0.25) is 19.2 Å². The molecule has 6 heteroatoms. The third-order valence-electron chi connectivity index (χ3n) is 4.30. The topological polar surface area (TPSA) is 81.2 Å². The van der Waals surface area contributed by atoms with E-state index in [4.69, 9.17) is 5.73 Å². The van der Waals surface area contributed by atoms with Crippen molar-refractivity contribution in [3.63, 3.8) is 0 Å². The van der Waals surface area contributed by atoms with E-state index in [1.54, 1.807) is 30.5 Å². The van der Waals surface area contributed by atoms with Crippen LogP contribution < -0.4 is 5.73 Å². The normalized spacial score (nSPS) is 13.8. The Bertz CT molecular complexity index is 926. The van der Waals surface area contributed by atoms with Crippen LogP contribution in [0.4, 0.5) is 5.69 Å². The molecule has 0 fully saturated rings. The molecule has 2 amide bonds. The highest BCUT2D eigenvalue weighted by molar-refractivity contribution is 6.21. The first kappa shape index (κ1) is 14.4. The SMILES string of the molecule is Nc1ccc2cnn(CCCN3C(=O)c4ccccc4C3=O)c2c1. The first-order chi connectivity index (χ1) is 11.6. The zero-order valence-corrected chi connectivity index (χ0v) is 13.0. The molecule has 2 aromatic carbocycles. The lowest BCUT2D eigenvalue weighted by molar-refractivity contribution is 0.0650. The Labute approximate surface area is 138 Å². The van der Waals surface area contributed by atoms with Crippen molar-refractivity contribution in [1.29, 1.82) is 0 Å². The Morgan fingerprint density at radius 1 is 0.958 bits per heavy atom. The average Bonchev–Trinajstić information content (AvgIpc) is 3.09. The molecule has 1 aliphatic heterocycles. The largest absolute Gasteiger partial charge is 0.399 e. The highest BCUT2D eigenvalue weighted by Crippen LogP contribution is 2.23. The quantitative estimate of drug-likeness (QED) is 0.591. The molecule has 0 bridgehead atoms. The van der Waals surface area contributed by atoms with E-state index in [9.17, 15) is 9.59 Å². The van der Waals surface area contributed by atoms with Gasteiger partial charge in [0.15, 0.2) is 0 Å². The highest BCUT2D eigenvalue weighted by Gasteiger charge is 2.34. The Hall–Kier alpha value is -3.15. The van der Waals surface area contributed by atoms with Crippen LogP contribution in [0.25, 0.3) is 10.9 Å². The third kappa shape index (κ3) is 2.23. The summed E-state index contributed by atoms with van der Waals surface area (Å²) in [6.45, 7) is 0.983. The van der Waals surface area contributed by atoms with Crippen molar-refractivity contribution in [3.05, 3.63) is 59.8 Å². The molecule has 6 nitrogen and oxygen atoms in total. The van der Waals surface area contributed by atoms with Crippen LogP contribution in [0.1, 0.15) is 27.1 Å². The average molecular weight is 320 g/mol. The number of nitrogens with two attached hydrogens (primary N) is 1. The van der Waals surface area contributed by atoms with E-state index in [0.29, 0.717) is 36.3 Å². The van der Waals surface area contributed by atoms with Gasteiger partial charge in [-0.2, -0.15) is 5.10 Å². The first-order valence-corrected chi connectivity index (χ1v) is 7.81. The Morgan fingerprint density at radius 2 is 1.67 bits per heavy atom. The van der Waals surface area contributed by atoms with Gasteiger partial charge in [0.2, 0.25) is 0 Å². The van der Waals surface area contributed by atoms with E-state index < -0.39 is 0 Å². The van der Waals surface area contributed by atoms with E-state index in [1.807, 2.05) is 22.9 Å². The molecule has 1 aromatic heterocycles. The first-order valence-electron chi connectivity index (χ1n) is 7.81. The van der Waals surface area contributed by atoms with Crippen molar-refractivity contribution in [3.8, 4) is 0 Å².